The van der Waals surface area contributed by atoms with Crippen molar-refractivity contribution in [1.82, 2.24) is 10.6 Å². The minimum atomic E-state index is -0.858. The molecular weight excluding hydrogens is 558 g/mol. The Kier molecular flexibility index (Phi) is 17.0. The molecule has 1 aromatic rings. The van der Waals surface area contributed by atoms with Crippen molar-refractivity contribution in [3.8, 4) is 0 Å². The van der Waals surface area contributed by atoms with E-state index in [0.29, 0.717) is 0 Å². The molecule has 0 saturated heterocycles. The van der Waals surface area contributed by atoms with E-state index in [4.69, 9.17) is 0 Å². The Morgan fingerprint density at radius 1 is 0.857 bits per heavy atom. The van der Waals surface area contributed by atoms with Crippen molar-refractivity contribution < 1.29 is 94.1 Å². The third-order valence-electron chi connectivity index (χ3n) is 3.13. The molecule has 1 aromatic carbocycles. The van der Waals surface area contributed by atoms with Gasteiger partial charge in [-0.2, -0.15) is 39.5 Å². The maximum Gasteiger partial charge on any atom is 0.289 e. The van der Waals surface area contributed by atoms with Crippen LogP contribution in [0.3, 0.4) is 0 Å². The Labute approximate surface area is 224 Å². The van der Waals surface area contributed by atoms with Gasteiger partial charge in [-0.25, -0.2) is 0 Å². The zero-order valence-corrected chi connectivity index (χ0v) is 22.3. The Hall–Kier alpha value is 0.00779. The number of amides is 2. The predicted octanol–water partition coefficient (Wildman–Crippen LogP) is 0.408. The summed E-state index contributed by atoms with van der Waals surface area (Å²) in [5, 5.41) is 3.28. The van der Waals surface area contributed by atoms with Gasteiger partial charge in [0.1, 0.15) is 10.5 Å². The van der Waals surface area contributed by atoms with Crippen LogP contribution >= 0.6 is 25.3 Å². The van der Waals surface area contributed by atoms with Crippen LogP contribution in [0, 0.1) is 14.2 Å². The molecule has 2 amide bonds. The summed E-state index contributed by atoms with van der Waals surface area (Å²) in [5.41, 5.74) is 0.418. The van der Waals surface area contributed by atoms with Gasteiger partial charge in [0.15, 0.2) is 0 Å². The molecule has 12 heteroatoms. The Morgan fingerprint density at radius 3 is 1.54 bits per heavy atom. The van der Waals surface area contributed by atoms with E-state index in [1.807, 2.05) is 0 Å². The SMILES string of the molecule is [CH2-]OC(=O)C(S)CNC(=O)c1cccc(C(=O)NCC(S)C(=O)O[CH2-])c1.[Y].[Y]. The van der Waals surface area contributed by atoms with E-state index < -0.39 is 34.3 Å². The van der Waals surface area contributed by atoms with Gasteiger partial charge < -0.3 is 20.1 Å². The van der Waals surface area contributed by atoms with Crippen molar-refractivity contribution in [3.63, 3.8) is 0 Å². The van der Waals surface area contributed by atoms with Crippen LogP contribution in [-0.2, 0) is 84.5 Å². The molecule has 2 radical (unpaired) electrons. The maximum absolute atomic E-state index is 12.1. The van der Waals surface area contributed by atoms with Crippen LogP contribution in [0.4, 0.5) is 0 Å². The van der Waals surface area contributed by atoms with Gasteiger partial charge in [-0.1, -0.05) is 6.07 Å². The molecule has 0 heterocycles. The third kappa shape index (κ3) is 10.2. The van der Waals surface area contributed by atoms with Crippen LogP contribution in [0.2, 0.25) is 0 Å². The fraction of sp³-hybridized carbons (Fsp3) is 0.250. The molecule has 2 N–H and O–H groups in total. The molecule has 2 unspecified atom stereocenters. The first-order chi connectivity index (χ1) is 12.3. The van der Waals surface area contributed by atoms with E-state index in [1.165, 1.54) is 24.3 Å². The molecule has 0 spiro atoms. The summed E-state index contributed by atoms with van der Waals surface area (Å²) in [5.74, 6) is -2.35. The largest absolute Gasteiger partial charge is 0.639 e. The zero-order chi connectivity index (χ0) is 19.7. The van der Waals surface area contributed by atoms with E-state index in [0.717, 1.165) is 0 Å². The Morgan fingerprint density at radius 2 is 1.21 bits per heavy atom. The first-order valence-electron chi connectivity index (χ1n) is 7.24. The van der Waals surface area contributed by atoms with Gasteiger partial charge in [-0.15, -0.1) is 0 Å². The number of benzene rings is 1. The molecule has 1 rings (SSSR count). The quantitative estimate of drug-likeness (QED) is 0.203. The second kappa shape index (κ2) is 15.8. The van der Waals surface area contributed by atoms with Crippen molar-refractivity contribution in [1.29, 1.82) is 0 Å². The average Bonchev–Trinajstić information content (AvgIpc) is 2.68. The van der Waals surface area contributed by atoms with Crippen LogP contribution in [0.15, 0.2) is 24.3 Å². The predicted molar refractivity (Wildman–Crippen MR) is 99.6 cm³/mol. The summed E-state index contributed by atoms with van der Waals surface area (Å²) >= 11 is 7.95. The first-order valence-corrected chi connectivity index (χ1v) is 8.27. The van der Waals surface area contributed by atoms with E-state index >= 15 is 0 Å². The number of hydrogen-bond donors (Lipinski definition) is 4. The van der Waals surface area contributed by atoms with Crippen molar-refractivity contribution >= 4 is 49.0 Å². The van der Waals surface area contributed by atoms with E-state index in [1.54, 1.807) is 0 Å². The Balaban J connectivity index is 0. The van der Waals surface area contributed by atoms with Crippen molar-refractivity contribution in [2.45, 2.75) is 10.5 Å². The summed E-state index contributed by atoms with van der Waals surface area (Å²) in [6.45, 7) is -0.136. The number of ether oxygens (including phenoxy) is 2. The topological polar surface area (TPSA) is 111 Å². The number of hydrogen-bond acceptors (Lipinski definition) is 8. The average molecular weight is 576 g/mol. The summed E-state index contributed by atoms with van der Waals surface area (Å²) in [7, 11) is 5.95. The van der Waals surface area contributed by atoms with Gasteiger partial charge in [0, 0.05) is 89.6 Å². The maximum atomic E-state index is 12.1. The fourth-order valence-corrected chi connectivity index (χ4v) is 2.08. The molecule has 0 aliphatic heterocycles. The molecule has 0 bridgehead atoms. The minimum absolute atomic E-state index is 0. The number of carbonyl (C=O) groups is 4. The van der Waals surface area contributed by atoms with Crippen LogP contribution in [0.1, 0.15) is 20.7 Å². The molecule has 28 heavy (non-hydrogen) atoms. The van der Waals surface area contributed by atoms with Crippen molar-refractivity contribution in [2.24, 2.45) is 0 Å². The number of thiol groups is 2. The molecule has 0 aliphatic rings. The Bertz CT molecular complexity index is 640. The zero-order valence-electron chi connectivity index (χ0n) is 14.8. The fourth-order valence-electron chi connectivity index (χ4n) is 1.74. The molecule has 0 aromatic heterocycles. The van der Waals surface area contributed by atoms with Gasteiger partial charge in [-0.3, -0.25) is 19.2 Å². The van der Waals surface area contributed by atoms with Crippen LogP contribution < -0.4 is 10.6 Å². The molecule has 0 saturated carbocycles. The second-order valence-corrected chi connectivity index (χ2v) is 6.21. The van der Waals surface area contributed by atoms with Gasteiger partial charge >= 0.3 is 0 Å². The third-order valence-corrected chi connectivity index (χ3v) is 3.91. The normalized spacial score (nSPS) is 11.6. The van der Waals surface area contributed by atoms with Gasteiger partial charge in [0.05, 0.1) is 0 Å². The number of nitrogens with one attached hydrogen (secondary N) is 2. The smallest absolute Gasteiger partial charge is 0.289 e. The monoisotopic (exact) mass is 576 g/mol. The summed E-state index contributed by atoms with van der Waals surface area (Å²) < 4.78 is 8.52. The van der Waals surface area contributed by atoms with Gasteiger partial charge in [0.25, 0.3) is 23.8 Å². The van der Waals surface area contributed by atoms with Crippen molar-refractivity contribution in [2.75, 3.05) is 13.1 Å². The minimum Gasteiger partial charge on any atom is -0.639 e. The van der Waals surface area contributed by atoms with Crippen LogP contribution in [-0.4, -0.2) is 47.3 Å². The first kappa shape index (κ1) is 30.2. The second-order valence-electron chi connectivity index (χ2n) is 4.96. The van der Waals surface area contributed by atoms with Gasteiger partial charge in [-0.05, 0) is 18.2 Å². The molecule has 8 nitrogen and oxygen atoms in total. The van der Waals surface area contributed by atoms with Gasteiger partial charge in [0.2, 0.25) is 0 Å². The van der Waals surface area contributed by atoms with Crippen LogP contribution in [0.25, 0.3) is 0 Å². The van der Waals surface area contributed by atoms with E-state index in [2.05, 4.69) is 59.6 Å². The summed E-state index contributed by atoms with van der Waals surface area (Å²) in [4.78, 5) is 46.6. The molecule has 148 valence electrons. The van der Waals surface area contributed by atoms with E-state index in [-0.39, 0.29) is 89.6 Å². The summed E-state index contributed by atoms with van der Waals surface area (Å²) in [6, 6.07) is 5.89. The van der Waals surface area contributed by atoms with Crippen molar-refractivity contribution in [3.05, 3.63) is 49.6 Å². The molecule has 0 aliphatic carbocycles. The summed E-state index contributed by atoms with van der Waals surface area (Å²) in [6.07, 6.45) is 0. The molecule has 0 fully saturated rings. The molecule has 2 atom stereocenters. The number of carbonyl (C=O) groups excluding carboxylic acids is 4. The van der Waals surface area contributed by atoms with Crippen LogP contribution in [0.5, 0.6) is 0 Å². The number of esters is 2. The van der Waals surface area contributed by atoms with E-state index in [9.17, 15) is 19.2 Å². The standard InChI is InChI=1S/C16H18N2O6S2.2Y/c1-23-15(21)11(25)7-17-13(19)9-4-3-5-10(6-9)14(20)18-8-12(26)16(22)24-2;;/h3-6,11-12,25-26H,1-2,7-8H2,(H,17,19)(H,18,20);;/q-2;;. The molecular formula is C16H18N2O6S2Y2-2. The number of rotatable bonds is 8.